The number of carbonyl (C=O) groups excluding carboxylic acids is 2. The number of carbonyl (C=O) groups is 3. The third-order valence-electron chi connectivity index (χ3n) is 11.6. The number of carboxylic acid groups (broad SMARTS) is 1. The highest BCUT2D eigenvalue weighted by atomic mass is 35.5. The van der Waals surface area contributed by atoms with E-state index < -0.39 is 11.8 Å². The fraction of sp³-hybridized carbons (Fsp3) is 0.488. The number of allylic oxidation sites excluding steroid dienone is 1. The van der Waals surface area contributed by atoms with Gasteiger partial charge in [-0.15, -0.1) is 11.3 Å². The number of likely N-dealkylation sites (tertiary alicyclic amines) is 2. The second kappa shape index (κ2) is 16.6. The molecule has 11 heteroatoms. The molecule has 1 aromatic heterocycles. The van der Waals surface area contributed by atoms with E-state index in [2.05, 4.69) is 34.5 Å². The number of nitrogens with zero attached hydrogens (tertiary/aromatic N) is 2. The van der Waals surface area contributed by atoms with Crippen molar-refractivity contribution in [2.45, 2.75) is 82.9 Å². The Labute approximate surface area is 314 Å². The quantitative estimate of drug-likeness (QED) is 0.206. The van der Waals surface area contributed by atoms with Crippen LogP contribution in [0.5, 0.6) is 0 Å². The van der Waals surface area contributed by atoms with Gasteiger partial charge >= 0.3 is 5.97 Å². The zero-order valence-corrected chi connectivity index (χ0v) is 31.0. The number of hydrogen-bond acceptors (Lipinski definition) is 6. The highest BCUT2D eigenvalue weighted by Crippen LogP contribution is 2.37. The number of rotatable bonds is 11. The molecule has 2 aromatic carbocycles. The van der Waals surface area contributed by atoms with Crippen LogP contribution in [0.4, 0.5) is 10.1 Å². The number of amides is 2. The van der Waals surface area contributed by atoms with Crippen molar-refractivity contribution in [1.82, 2.24) is 9.80 Å². The average molecular weight is 748 g/mol. The molecule has 3 aromatic rings. The number of halogens is 2. The molecule has 3 heterocycles. The molecule has 0 radical (unpaired) electrons. The maximum absolute atomic E-state index is 15.6. The topological polar surface area (TPSA) is 99.2 Å². The van der Waals surface area contributed by atoms with Gasteiger partial charge in [0.25, 0.3) is 5.91 Å². The number of carboxylic acids is 1. The Kier molecular flexibility index (Phi) is 11.8. The van der Waals surface area contributed by atoms with Crippen LogP contribution in [0.15, 0.2) is 53.9 Å². The fourth-order valence-corrected chi connectivity index (χ4v) is 9.82. The first-order chi connectivity index (χ1) is 25.2. The van der Waals surface area contributed by atoms with Crippen molar-refractivity contribution < 1.29 is 28.6 Å². The zero-order chi connectivity index (χ0) is 36.2. The van der Waals surface area contributed by atoms with Gasteiger partial charge in [0.2, 0.25) is 5.91 Å². The van der Waals surface area contributed by atoms with Crippen molar-refractivity contribution in [2.24, 2.45) is 17.8 Å². The van der Waals surface area contributed by atoms with Gasteiger partial charge in [0.15, 0.2) is 0 Å². The maximum Gasteiger partial charge on any atom is 0.306 e. The Balaban J connectivity index is 1.00. The fourth-order valence-electron chi connectivity index (χ4n) is 8.55. The molecule has 52 heavy (non-hydrogen) atoms. The van der Waals surface area contributed by atoms with E-state index in [0.29, 0.717) is 56.2 Å². The lowest BCUT2D eigenvalue weighted by atomic mass is 9.83. The van der Waals surface area contributed by atoms with Crippen molar-refractivity contribution in [3.8, 4) is 0 Å². The summed E-state index contributed by atoms with van der Waals surface area (Å²) < 4.78 is 22.0. The van der Waals surface area contributed by atoms with Gasteiger partial charge in [0, 0.05) is 28.9 Å². The summed E-state index contributed by atoms with van der Waals surface area (Å²) in [6.07, 6.45) is 11.2. The molecule has 4 aliphatic rings. The van der Waals surface area contributed by atoms with Crippen LogP contribution in [-0.4, -0.2) is 71.1 Å². The molecule has 2 N–H and O–H groups in total. The standard InChI is InChI=1S/C41H47ClFN3O5S/c42-35-19-29(36(43)21-37(35)44-40(48)34-25-52-38-9-5-4-8-33(34)38)20-39(47)46-23-30(18-31(46)24-51-32-12-10-28(11-13-32)41(49)50)27-14-16-45(17-15-27)22-26-6-2-1-3-7-26/h1-4,6-8,19,21,25,27-28,30-32H,5,9-18,20,22-24H2,(H,44,48)(H,49,50)/t28-,30-,31-,32-/m0/s1. The number of fused-ring (bicyclic) bond motifs is 1. The Morgan fingerprint density at radius 1 is 1.02 bits per heavy atom. The van der Waals surface area contributed by atoms with Gasteiger partial charge in [-0.2, -0.15) is 0 Å². The van der Waals surface area contributed by atoms with Gasteiger partial charge < -0.3 is 20.1 Å². The van der Waals surface area contributed by atoms with Crippen LogP contribution in [-0.2, 0) is 33.7 Å². The highest BCUT2D eigenvalue weighted by Gasteiger charge is 2.40. The Hall–Kier alpha value is -3.57. The molecule has 2 atom stereocenters. The number of thiophene rings is 1. The third-order valence-corrected chi connectivity index (χ3v) is 12.9. The van der Waals surface area contributed by atoms with Crippen molar-refractivity contribution in [3.05, 3.63) is 91.9 Å². The number of anilines is 1. The minimum Gasteiger partial charge on any atom is -0.481 e. The van der Waals surface area contributed by atoms with Gasteiger partial charge in [0.05, 0.1) is 47.4 Å². The minimum atomic E-state index is -0.746. The Morgan fingerprint density at radius 2 is 1.79 bits per heavy atom. The summed E-state index contributed by atoms with van der Waals surface area (Å²) in [4.78, 5) is 44.2. The molecule has 2 aliphatic carbocycles. The second-order valence-corrected chi connectivity index (χ2v) is 16.3. The van der Waals surface area contributed by atoms with Crippen LogP contribution >= 0.6 is 22.9 Å². The van der Waals surface area contributed by atoms with Crippen LogP contribution < -0.4 is 5.32 Å². The number of hydrogen-bond donors (Lipinski definition) is 2. The molecule has 2 amide bonds. The summed E-state index contributed by atoms with van der Waals surface area (Å²) in [5.41, 5.74) is 3.12. The van der Waals surface area contributed by atoms with Crippen LogP contribution in [0.1, 0.15) is 83.3 Å². The molecule has 1 saturated carbocycles. The molecule has 2 saturated heterocycles. The molecule has 7 rings (SSSR count). The predicted octanol–water partition coefficient (Wildman–Crippen LogP) is 8.08. The molecule has 0 spiro atoms. The molecular weight excluding hydrogens is 701 g/mol. The summed E-state index contributed by atoms with van der Waals surface area (Å²) in [6.45, 7) is 3.94. The second-order valence-electron chi connectivity index (χ2n) is 14.9. The molecule has 0 unspecified atom stereocenters. The number of nitrogens with one attached hydrogen (secondary N) is 1. The minimum absolute atomic E-state index is 0.0255. The third kappa shape index (κ3) is 8.62. The largest absolute Gasteiger partial charge is 0.481 e. The average Bonchev–Trinajstić information content (AvgIpc) is 3.79. The lowest BCUT2D eigenvalue weighted by Gasteiger charge is -2.34. The number of piperidine rings is 1. The molecule has 3 fully saturated rings. The molecule has 2 aliphatic heterocycles. The molecule has 276 valence electrons. The lowest BCUT2D eigenvalue weighted by molar-refractivity contribution is -0.144. The first-order valence-corrected chi connectivity index (χ1v) is 19.9. The van der Waals surface area contributed by atoms with Crippen LogP contribution in [0.2, 0.25) is 5.02 Å². The van der Waals surface area contributed by atoms with Crippen molar-refractivity contribution >= 4 is 52.5 Å². The van der Waals surface area contributed by atoms with Crippen LogP contribution in [0.3, 0.4) is 0 Å². The van der Waals surface area contributed by atoms with Gasteiger partial charge in [-0.1, -0.05) is 54.1 Å². The maximum atomic E-state index is 15.6. The monoisotopic (exact) mass is 747 g/mol. The summed E-state index contributed by atoms with van der Waals surface area (Å²) in [6, 6.07) is 13.1. The van der Waals surface area contributed by atoms with Crippen molar-refractivity contribution in [2.75, 3.05) is 31.6 Å². The van der Waals surface area contributed by atoms with E-state index in [9.17, 15) is 19.5 Å². The van der Waals surface area contributed by atoms with E-state index >= 15 is 4.39 Å². The smallest absolute Gasteiger partial charge is 0.306 e. The lowest BCUT2D eigenvalue weighted by Crippen LogP contribution is -2.41. The first kappa shape index (κ1) is 36.8. The van der Waals surface area contributed by atoms with Crippen molar-refractivity contribution in [1.29, 1.82) is 0 Å². The van der Waals surface area contributed by atoms with Gasteiger partial charge in [0.1, 0.15) is 5.82 Å². The first-order valence-electron chi connectivity index (χ1n) is 18.7. The predicted molar refractivity (Wildman–Crippen MR) is 202 cm³/mol. The molecular formula is C41H47ClFN3O5S. The van der Waals surface area contributed by atoms with E-state index in [4.69, 9.17) is 16.3 Å². The summed E-state index contributed by atoms with van der Waals surface area (Å²) >= 11 is 8.14. The Morgan fingerprint density at radius 3 is 2.54 bits per heavy atom. The van der Waals surface area contributed by atoms with E-state index in [1.54, 1.807) is 11.3 Å². The number of ether oxygens (including phenoxy) is 1. The number of benzene rings is 2. The summed E-state index contributed by atoms with van der Waals surface area (Å²) in [5, 5.41) is 14.2. The van der Waals surface area contributed by atoms with Crippen LogP contribution in [0.25, 0.3) is 6.08 Å². The van der Waals surface area contributed by atoms with Crippen molar-refractivity contribution in [3.63, 3.8) is 0 Å². The molecule has 8 nitrogen and oxygen atoms in total. The zero-order valence-electron chi connectivity index (χ0n) is 29.4. The van der Waals surface area contributed by atoms with Gasteiger partial charge in [-0.25, -0.2) is 4.39 Å². The van der Waals surface area contributed by atoms with E-state index in [-0.39, 0.29) is 52.6 Å². The highest BCUT2D eigenvalue weighted by molar-refractivity contribution is 7.10. The van der Waals surface area contributed by atoms with E-state index in [1.165, 1.54) is 17.7 Å². The normalized spacial score (nSPS) is 23.8. The summed E-state index contributed by atoms with van der Waals surface area (Å²) in [5.74, 6) is -1.37. The van der Waals surface area contributed by atoms with Gasteiger partial charge in [-0.05, 0) is 106 Å². The van der Waals surface area contributed by atoms with E-state index in [1.807, 2.05) is 28.5 Å². The number of aliphatic carboxylic acids is 1. The Bertz CT molecular complexity index is 1780. The number of aryl methyl sites for hydroxylation is 1. The van der Waals surface area contributed by atoms with E-state index in [0.717, 1.165) is 62.2 Å². The van der Waals surface area contributed by atoms with Gasteiger partial charge in [-0.3, -0.25) is 19.3 Å². The SMILES string of the molecule is O=C(Nc1cc(F)c(CC(=O)N2C[C@@H](C3CCN(Cc4ccccc4)CC3)C[C@H]2CO[C@H]2CC[C@H](C(=O)O)CC2)cc1Cl)c1csc2c1C=CCC2. The summed E-state index contributed by atoms with van der Waals surface area (Å²) in [7, 11) is 0. The molecule has 0 bridgehead atoms. The van der Waals surface area contributed by atoms with Crippen LogP contribution in [0, 0.1) is 23.6 Å².